The average Bonchev–Trinajstić information content (AvgIpc) is 3.41. The summed E-state index contributed by atoms with van der Waals surface area (Å²) in [6.45, 7) is 4.30. The number of nitrogens with zero attached hydrogens (tertiary/aromatic N) is 3. The summed E-state index contributed by atoms with van der Waals surface area (Å²) in [6, 6.07) is 7.16. The average molecular weight is 331 g/mol. The largest absolute Gasteiger partial charge is 0.371 e. The van der Waals surface area contributed by atoms with E-state index in [1.54, 1.807) is 12.1 Å². The minimum Gasteiger partial charge on any atom is -0.371 e. The fraction of sp³-hybridized carbons (Fsp3) is 0.444. The number of morpholine rings is 1. The first-order chi connectivity index (χ1) is 11.6. The molecule has 2 aromatic rings. The van der Waals surface area contributed by atoms with Crippen LogP contribution in [0.4, 0.5) is 14.6 Å². The van der Waals surface area contributed by atoms with E-state index in [1.807, 2.05) is 0 Å². The quantitative estimate of drug-likeness (QED) is 0.864. The van der Waals surface area contributed by atoms with Crippen molar-refractivity contribution in [3.8, 4) is 11.3 Å². The number of aromatic nitrogens is 2. The number of hydrogen-bond donors (Lipinski definition) is 0. The molecule has 1 aromatic carbocycles. The molecule has 2 heterocycles. The van der Waals surface area contributed by atoms with Gasteiger partial charge in [-0.2, -0.15) is 0 Å². The molecule has 126 valence electrons. The van der Waals surface area contributed by atoms with Crippen LogP contribution < -0.4 is 4.90 Å². The van der Waals surface area contributed by atoms with Crippen molar-refractivity contribution in [2.45, 2.75) is 25.4 Å². The topological polar surface area (TPSA) is 38.2 Å². The molecule has 1 aromatic heterocycles. The lowest BCUT2D eigenvalue weighted by Gasteiger charge is -2.41. The van der Waals surface area contributed by atoms with E-state index in [9.17, 15) is 8.78 Å². The predicted octanol–water partition coefficient (Wildman–Crippen LogP) is 3.43. The maximum atomic E-state index is 13.9. The number of anilines is 1. The Hall–Kier alpha value is -2.08. The summed E-state index contributed by atoms with van der Waals surface area (Å²) < 4.78 is 33.7. The highest BCUT2D eigenvalue weighted by Gasteiger charge is 2.45. The standard InChI is InChI=1S/C18H19F2N3O/c1-18(12-5-6-12)11-23(9-10-24-18)16-8-7-15(21-22-16)17-13(19)3-2-4-14(17)20/h2-4,7-8,12H,5-6,9-11H2,1H3. The third kappa shape index (κ3) is 2.75. The molecule has 0 bridgehead atoms. The molecule has 4 nitrogen and oxygen atoms in total. The minimum atomic E-state index is -0.635. The third-order valence-electron chi connectivity index (χ3n) is 4.93. The molecule has 0 radical (unpaired) electrons. The lowest BCUT2D eigenvalue weighted by molar-refractivity contribution is -0.0577. The normalized spacial score (nSPS) is 24.2. The first-order valence-electron chi connectivity index (χ1n) is 8.24. The van der Waals surface area contributed by atoms with Gasteiger partial charge in [0.1, 0.15) is 11.6 Å². The Morgan fingerprint density at radius 1 is 1.12 bits per heavy atom. The molecule has 6 heteroatoms. The zero-order valence-corrected chi connectivity index (χ0v) is 13.5. The van der Waals surface area contributed by atoms with Crippen molar-refractivity contribution in [1.82, 2.24) is 10.2 Å². The molecule has 24 heavy (non-hydrogen) atoms. The van der Waals surface area contributed by atoms with Gasteiger partial charge in [0.2, 0.25) is 0 Å². The van der Waals surface area contributed by atoms with Gasteiger partial charge < -0.3 is 9.64 Å². The maximum absolute atomic E-state index is 13.9. The summed E-state index contributed by atoms with van der Waals surface area (Å²) in [5.41, 5.74) is -0.0788. The lowest BCUT2D eigenvalue weighted by Crippen LogP contribution is -2.51. The molecule has 2 fully saturated rings. The van der Waals surface area contributed by atoms with Crippen molar-refractivity contribution in [3.05, 3.63) is 42.0 Å². The van der Waals surface area contributed by atoms with Crippen LogP contribution in [0.5, 0.6) is 0 Å². The Kier molecular flexibility index (Phi) is 3.72. The number of benzene rings is 1. The number of rotatable bonds is 3. The van der Waals surface area contributed by atoms with Crippen LogP contribution in [-0.2, 0) is 4.74 Å². The fourth-order valence-electron chi connectivity index (χ4n) is 3.40. The van der Waals surface area contributed by atoms with Gasteiger partial charge in [0, 0.05) is 13.1 Å². The second kappa shape index (κ2) is 5.77. The molecule has 1 aliphatic carbocycles. The van der Waals surface area contributed by atoms with Gasteiger partial charge in [-0.15, -0.1) is 10.2 Å². The van der Waals surface area contributed by atoms with E-state index < -0.39 is 11.6 Å². The Labute approximate surface area is 139 Å². The van der Waals surface area contributed by atoms with E-state index in [4.69, 9.17) is 4.74 Å². The molecule has 0 spiro atoms. The van der Waals surface area contributed by atoms with Crippen LogP contribution in [0.25, 0.3) is 11.3 Å². The van der Waals surface area contributed by atoms with Crippen LogP contribution >= 0.6 is 0 Å². The van der Waals surface area contributed by atoms with Crippen molar-refractivity contribution in [1.29, 1.82) is 0 Å². The SMILES string of the molecule is CC1(C2CC2)CN(c2ccc(-c3c(F)cccc3F)nn2)CCO1. The van der Waals surface area contributed by atoms with E-state index in [2.05, 4.69) is 22.0 Å². The maximum Gasteiger partial charge on any atom is 0.151 e. The highest BCUT2D eigenvalue weighted by Crippen LogP contribution is 2.43. The first kappa shape index (κ1) is 15.4. The van der Waals surface area contributed by atoms with Crippen LogP contribution in [-0.4, -0.2) is 35.5 Å². The second-order valence-corrected chi connectivity index (χ2v) is 6.73. The van der Waals surface area contributed by atoms with Gasteiger partial charge in [-0.1, -0.05) is 6.07 Å². The lowest BCUT2D eigenvalue weighted by atomic mass is 9.98. The van der Waals surface area contributed by atoms with Crippen molar-refractivity contribution in [2.75, 3.05) is 24.6 Å². The third-order valence-corrected chi connectivity index (χ3v) is 4.93. The van der Waals surface area contributed by atoms with Gasteiger partial charge in [-0.3, -0.25) is 0 Å². The minimum absolute atomic E-state index is 0.138. The predicted molar refractivity (Wildman–Crippen MR) is 86.7 cm³/mol. The molecule has 0 N–H and O–H groups in total. The first-order valence-corrected chi connectivity index (χ1v) is 8.24. The van der Waals surface area contributed by atoms with E-state index in [1.165, 1.54) is 31.0 Å². The molecule has 0 amide bonds. The molecule has 1 atom stereocenters. The van der Waals surface area contributed by atoms with E-state index in [-0.39, 0.29) is 16.9 Å². The second-order valence-electron chi connectivity index (χ2n) is 6.73. The number of hydrogen-bond acceptors (Lipinski definition) is 4. The van der Waals surface area contributed by atoms with Gasteiger partial charge in [0.25, 0.3) is 0 Å². The molecule has 1 saturated heterocycles. The summed E-state index contributed by atoms with van der Waals surface area (Å²) in [6.07, 6.45) is 2.42. The number of halogens is 2. The van der Waals surface area contributed by atoms with E-state index >= 15 is 0 Å². The summed E-state index contributed by atoms with van der Waals surface area (Å²) >= 11 is 0. The summed E-state index contributed by atoms with van der Waals surface area (Å²) in [5, 5.41) is 8.23. The molecule has 4 rings (SSSR count). The van der Waals surface area contributed by atoms with E-state index in [0.717, 1.165) is 13.1 Å². The zero-order valence-electron chi connectivity index (χ0n) is 13.5. The number of ether oxygens (including phenoxy) is 1. The van der Waals surface area contributed by atoms with Crippen molar-refractivity contribution < 1.29 is 13.5 Å². The molecule has 2 aliphatic rings. The zero-order chi connectivity index (χ0) is 16.7. The van der Waals surface area contributed by atoms with Crippen LogP contribution in [0, 0.1) is 17.6 Å². The highest BCUT2D eigenvalue weighted by molar-refractivity contribution is 5.61. The van der Waals surface area contributed by atoms with Crippen LogP contribution in [0.15, 0.2) is 30.3 Å². The van der Waals surface area contributed by atoms with Crippen LogP contribution in [0.2, 0.25) is 0 Å². The van der Waals surface area contributed by atoms with E-state index in [0.29, 0.717) is 18.3 Å². The van der Waals surface area contributed by atoms with Crippen LogP contribution in [0.1, 0.15) is 19.8 Å². The molecule has 1 aliphatic heterocycles. The Morgan fingerprint density at radius 3 is 2.50 bits per heavy atom. The Morgan fingerprint density at radius 2 is 1.88 bits per heavy atom. The van der Waals surface area contributed by atoms with Crippen LogP contribution in [0.3, 0.4) is 0 Å². The van der Waals surface area contributed by atoms with Gasteiger partial charge in [0.05, 0.1) is 23.5 Å². The molecular weight excluding hydrogens is 312 g/mol. The summed E-state index contributed by atoms with van der Waals surface area (Å²) in [7, 11) is 0. The van der Waals surface area contributed by atoms with Gasteiger partial charge >= 0.3 is 0 Å². The summed E-state index contributed by atoms with van der Waals surface area (Å²) in [5.74, 6) is 0.0557. The van der Waals surface area contributed by atoms with Gasteiger partial charge in [0.15, 0.2) is 5.82 Å². The molecule has 1 saturated carbocycles. The Balaban J connectivity index is 1.58. The van der Waals surface area contributed by atoms with Crippen molar-refractivity contribution in [2.24, 2.45) is 5.92 Å². The molecular formula is C18H19F2N3O. The highest BCUT2D eigenvalue weighted by atomic mass is 19.1. The Bertz CT molecular complexity index is 728. The monoisotopic (exact) mass is 331 g/mol. The molecule has 1 unspecified atom stereocenters. The smallest absolute Gasteiger partial charge is 0.151 e. The van der Waals surface area contributed by atoms with Gasteiger partial charge in [-0.05, 0) is 49.9 Å². The van der Waals surface area contributed by atoms with Crippen molar-refractivity contribution in [3.63, 3.8) is 0 Å². The van der Waals surface area contributed by atoms with Gasteiger partial charge in [-0.25, -0.2) is 8.78 Å². The summed E-state index contributed by atoms with van der Waals surface area (Å²) in [4.78, 5) is 2.14. The van der Waals surface area contributed by atoms with Crippen molar-refractivity contribution >= 4 is 5.82 Å². The fourth-order valence-corrected chi connectivity index (χ4v) is 3.40.